The van der Waals surface area contributed by atoms with E-state index in [2.05, 4.69) is 20.3 Å². The SMILES string of the molecule is CSC1=NC2C(=O)NC=NC2=N1. The average Bonchev–Trinajstić information content (AvgIpc) is 2.49. The molecule has 0 aromatic rings. The first-order valence-electron chi connectivity index (χ1n) is 3.34. The summed E-state index contributed by atoms with van der Waals surface area (Å²) < 4.78 is 0. The highest BCUT2D eigenvalue weighted by Crippen LogP contribution is 2.14. The van der Waals surface area contributed by atoms with Crippen molar-refractivity contribution in [2.24, 2.45) is 15.0 Å². The summed E-state index contributed by atoms with van der Waals surface area (Å²) in [6.45, 7) is 0. The molecule has 62 valence electrons. The third kappa shape index (κ3) is 1.04. The molecule has 2 aliphatic rings. The molecule has 6 heteroatoms. The molecular weight excluding hydrogens is 176 g/mol. The minimum atomic E-state index is -0.516. The number of rotatable bonds is 0. The van der Waals surface area contributed by atoms with Gasteiger partial charge in [0.15, 0.2) is 17.0 Å². The zero-order valence-electron chi connectivity index (χ0n) is 6.31. The molecule has 1 unspecified atom stereocenters. The Kier molecular flexibility index (Phi) is 1.69. The van der Waals surface area contributed by atoms with E-state index in [1.165, 1.54) is 18.1 Å². The van der Waals surface area contributed by atoms with E-state index < -0.39 is 6.04 Å². The molecule has 2 heterocycles. The number of nitrogens with zero attached hydrogens (tertiary/aromatic N) is 3. The van der Waals surface area contributed by atoms with Crippen molar-refractivity contribution in [1.82, 2.24) is 5.32 Å². The van der Waals surface area contributed by atoms with Crippen LogP contribution in [0.2, 0.25) is 0 Å². The van der Waals surface area contributed by atoms with E-state index in [1.54, 1.807) is 0 Å². The summed E-state index contributed by atoms with van der Waals surface area (Å²) in [6, 6.07) is -0.516. The van der Waals surface area contributed by atoms with E-state index in [0.29, 0.717) is 11.0 Å². The fourth-order valence-electron chi connectivity index (χ4n) is 0.971. The molecule has 2 rings (SSSR count). The second kappa shape index (κ2) is 2.71. The van der Waals surface area contributed by atoms with Crippen molar-refractivity contribution in [1.29, 1.82) is 0 Å². The Labute approximate surface area is 73.1 Å². The average molecular weight is 182 g/mol. The summed E-state index contributed by atoms with van der Waals surface area (Å²) in [7, 11) is 0. The summed E-state index contributed by atoms with van der Waals surface area (Å²) in [6.07, 6.45) is 3.21. The molecule has 0 aromatic carbocycles. The normalized spacial score (nSPS) is 26.1. The maximum Gasteiger partial charge on any atom is 0.257 e. The van der Waals surface area contributed by atoms with E-state index in [1.807, 2.05) is 6.26 Å². The van der Waals surface area contributed by atoms with Crippen molar-refractivity contribution >= 4 is 35.0 Å². The van der Waals surface area contributed by atoms with Crippen LogP contribution in [0.25, 0.3) is 0 Å². The summed E-state index contributed by atoms with van der Waals surface area (Å²) in [5.41, 5.74) is 0. The Bertz CT molecular complexity index is 320. The van der Waals surface area contributed by atoms with E-state index in [0.717, 1.165) is 0 Å². The number of amidine groups is 2. The molecule has 0 aliphatic carbocycles. The lowest BCUT2D eigenvalue weighted by Crippen LogP contribution is -2.40. The number of hydrogen-bond acceptors (Lipinski definition) is 5. The molecule has 0 radical (unpaired) electrons. The van der Waals surface area contributed by atoms with Gasteiger partial charge < -0.3 is 5.32 Å². The van der Waals surface area contributed by atoms with Gasteiger partial charge in [0.05, 0.1) is 6.34 Å². The molecule has 0 spiro atoms. The standard InChI is InChI=1S/C6H6N4OS/c1-12-6-9-3-4(10-6)7-2-8-5(3)11/h2-3H,1H3,(H,7,8,9,10,11). The molecule has 0 fully saturated rings. The molecule has 5 nitrogen and oxygen atoms in total. The van der Waals surface area contributed by atoms with Gasteiger partial charge in [0.25, 0.3) is 5.91 Å². The van der Waals surface area contributed by atoms with Gasteiger partial charge in [-0.05, 0) is 6.26 Å². The lowest BCUT2D eigenvalue weighted by Gasteiger charge is -2.09. The van der Waals surface area contributed by atoms with Crippen LogP contribution in [0.3, 0.4) is 0 Å². The summed E-state index contributed by atoms with van der Waals surface area (Å²) >= 11 is 1.41. The number of hydrogen-bond donors (Lipinski definition) is 1. The Balaban J connectivity index is 2.34. The zero-order valence-corrected chi connectivity index (χ0v) is 7.13. The van der Waals surface area contributed by atoms with Gasteiger partial charge in [-0.15, -0.1) is 0 Å². The summed E-state index contributed by atoms with van der Waals surface area (Å²) in [4.78, 5) is 23.2. The van der Waals surface area contributed by atoms with Crippen LogP contribution in [-0.4, -0.2) is 35.5 Å². The first-order chi connectivity index (χ1) is 5.81. The predicted molar refractivity (Wildman–Crippen MR) is 48.8 cm³/mol. The molecule has 1 atom stereocenters. The van der Waals surface area contributed by atoms with Crippen molar-refractivity contribution in [3.8, 4) is 0 Å². The van der Waals surface area contributed by atoms with Gasteiger partial charge in [-0.25, -0.2) is 15.0 Å². The van der Waals surface area contributed by atoms with Gasteiger partial charge in [0.1, 0.15) is 0 Å². The molecular formula is C6H6N4OS. The summed E-state index contributed by atoms with van der Waals surface area (Å²) in [5.74, 6) is 0.330. The fraction of sp³-hybridized carbons (Fsp3) is 0.333. The van der Waals surface area contributed by atoms with Crippen molar-refractivity contribution in [2.75, 3.05) is 6.26 Å². The third-order valence-electron chi connectivity index (χ3n) is 1.53. The number of carbonyl (C=O) groups excluding carboxylic acids is 1. The van der Waals surface area contributed by atoms with Gasteiger partial charge >= 0.3 is 0 Å². The lowest BCUT2D eigenvalue weighted by molar-refractivity contribution is -0.119. The maximum atomic E-state index is 11.1. The van der Waals surface area contributed by atoms with Gasteiger partial charge in [-0.2, -0.15) is 0 Å². The van der Waals surface area contributed by atoms with Gasteiger partial charge in [0, 0.05) is 0 Å². The van der Waals surface area contributed by atoms with Crippen LogP contribution in [-0.2, 0) is 4.79 Å². The quantitative estimate of drug-likeness (QED) is 0.556. The topological polar surface area (TPSA) is 66.2 Å². The van der Waals surface area contributed by atoms with E-state index in [4.69, 9.17) is 0 Å². The number of carbonyl (C=O) groups is 1. The Morgan fingerprint density at radius 1 is 1.67 bits per heavy atom. The highest BCUT2D eigenvalue weighted by molar-refractivity contribution is 8.13. The van der Waals surface area contributed by atoms with E-state index in [9.17, 15) is 4.79 Å². The molecule has 12 heavy (non-hydrogen) atoms. The van der Waals surface area contributed by atoms with Crippen LogP contribution in [0.1, 0.15) is 0 Å². The zero-order chi connectivity index (χ0) is 8.55. The Morgan fingerprint density at radius 3 is 3.17 bits per heavy atom. The molecule has 2 aliphatic heterocycles. The second-order valence-electron chi connectivity index (χ2n) is 2.26. The maximum absolute atomic E-state index is 11.1. The monoisotopic (exact) mass is 182 g/mol. The number of thioether (sulfide) groups is 1. The first kappa shape index (κ1) is 7.48. The van der Waals surface area contributed by atoms with Crippen molar-refractivity contribution in [2.45, 2.75) is 6.04 Å². The molecule has 0 aromatic heterocycles. The molecule has 1 amide bonds. The van der Waals surface area contributed by atoms with Crippen LogP contribution in [0, 0.1) is 0 Å². The highest BCUT2D eigenvalue weighted by Gasteiger charge is 2.30. The van der Waals surface area contributed by atoms with Crippen molar-refractivity contribution < 1.29 is 4.79 Å². The van der Waals surface area contributed by atoms with E-state index >= 15 is 0 Å². The van der Waals surface area contributed by atoms with Crippen LogP contribution in [0.15, 0.2) is 15.0 Å². The number of aliphatic imine (C=N–C) groups is 3. The lowest BCUT2D eigenvalue weighted by atomic mass is 10.2. The Hall–Kier alpha value is -1.17. The summed E-state index contributed by atoms with van der Waals surface area (Å²) in [5, 5.41) is 3.09. The van der Waals surface area contributed by atoms with E-state index in [-0.39, 0.29) is 5.91 Å². The largest absolute Gasteiger partial charge is 0.314 e. The molecule has 0 bridgehead atoms. The number of fused-ring (bicyclic) bond motifs is 1. The van der Waals surface area contributed by atoms with Crippen LogP contribution < -0.4 is 5.32 Å². The van der Waals surface area contributed by atoms with Gasteiger partial charge in [-0.3, -0.25) is 4.79 Å². The third-order valence-corrected chi connectivity index (χ3v) is 2.09. The minimum absolute atomic E-state index is 0.159. The second-order valence-corrected chi connectivity index (χ2v) is 3.03. The highest BCUT2D eigenvalue weighted by atomic mass is 32.2. The predicted octanol–water partition coefficient (Wildman–Crippen LogP) is -0.356. The van der Waals surface area contributed by atoms with Crippen LogP contribution in [0.4, 0.5) is 0 Å². The van der Waals surface area contributed by atoms with Crippen LogP contribution in [0.5, 0.6) is 0 Å². The van der Waals surface area contributed by atoms with Crippen molar-refractivity contribution in [3.63, 3.8) is 0 Å². The molecule has 1 N–H and O–H groups in total. The minimum Gasteiger partial charge on any atom is -0.314 e. The van der Waals surface area contributed by atoms with Gasteiger partial charge in [-0.1, -0.05) is 11.8 Å². The molecule has 0 saturated carbocycles. The molecule has 0 saturated heterocycles. The van der Waals surface area contributed by atoms with Crippen molar-refractivity contribution in [3.05, 3.63) is 0 Å². The first-order valence-corrected chi connectivity index (χ1v) is 4.57. The van der Waals surface area contributed by atoms with Gasteiger partial charge in [0.2, 0.25) is 0 Å². The number of amides is 1. The number of nitrogens with one attached hydrogen (secondary N) is 1. The Morgan fingerprint density at radius 2 is 2.50 bits per heavy atom. The smallest absolute Gasteiger partial charge is 0.257 e. The van der Waals surface area contributed by atoms with Crippen LogP contribution >= 0.6 is 11.8 Å². The fourth-order valence-corrected chi connectivity index (χ4v) is 1.37.